The van der Waals surface area contributed by atoms with Crippen molar-refractivity contribution in [1.29, 1.82) is 0 Å². The van der Waals surface area contributed by atoms with Crippen molar-refractivity contribution in [2.75, 3.05) is 11.4 Å². The van der Waals surface area contributed by atoms with E-state index >= 15 is 0 Å². The number of nitrogens with zero attached hydrogens (tertiary/aromatic N) is 1. The van der Waals surface area contributed by atoms with Crippen LogP contribution >= 0.6 is 23.1 Å². The lowest BCUT2D eigenvalue weighted by Crippen LogP contribution is -2.32. The van der Waals surface area contributed by atoms with E-state index in [1.165, 1.54) is 9.77 Å². The van der Waals surface area contributed by atoms with Crippen LogP contribution in [0.2, 0.25) is 0 Å². The van der Waals surface area contributed by atoms with Crippen LogP contribution in [0.4, 0.5) is 5.69 Å². The number of hydrogen-bond acceptors (Lipinski definition) is 3. The molecule has 0 saturated heterocycles. The van der Waals surface area contributed by atoms with Crippen LogP contribution in [0.25, 0.3) is 0 Å². The largest absolute Gasteiger partial charge is 0.307 e. The Labute approximate surface area is 134 Å². The van der Waals surface area contributed by atoms with Crippen LogP contribution < -0.4 is 4.90 Å². The summed E-state index contributed by atoms with van der Waals surface area (Å²) >= 11 is 3.56. The van der Waals surface area contributed by atoms with E-state index in [0.29, 0.717) is 5.25 Å². The Kier molecular flexibility index (Phi) is 4.09. The van der Waals surface area contributed by atoms with Gasteiger partial charge in [0.25, 0.3) is 5.91 Å². The Morgan fingerprint density at radius 3 is 2.76 bits per heavy atom. The van der Waals surface area contributed by atoms with Crippen LogP contribution in [0.3, 0.4) is 0 Å². The van der Waals surface area contributed by atoms with Gasteiger partial charge in [-0.25, -0.2) is 0 Å². The van der Waals surface area contributed by atoms with Gasteiger partial charge in [0.1, 0.15) is 0 Å². The molecular weight excluding hydrogens is 298 g/mol. The minimum atomic E-state index is 0.138. The number of thioether (sulfide) groups is 1. The van der Waals surface area contributed by atoms with Crippen molar-refractivity contribution in [3.63, 3.8) is 0 Å². The van der Waals surface area contributed by atoms with E-state index in [2.05, 4.69) is 26.0 Å². The number of benzene rings is 1. The second-order valence-corrected chi connectivity index (χ2v) is 8.41. The standard InChI is InChI=1S/C17H19NOS2/c1-11-8-9-18(15-6-4-5-7-16(15)21-11)17(19)14-10-12(2)20-13(14)3/h4-7,10-11H,8-9H2,1-3H3. The Balaban J connectivity index is 2.02. The molecule has 0 fully saturated rings. The summed E-state index contributed by atoms with van der Waals surface area (Å²) < 4.78 is 0. The third-order valence-corrected chi connectivity index (χ3v) is 5.96. The summed E-state index contributed by atoms with van der Waals surface area (Å²) in [4.78, 5) is 18.5. The van der Waals surface area contributed by atoms with Crippen LogP contribution in [0.5, 0.6) is 0 Å². The van der Waals surface area contributed by atoms with Crippen LogP contribution in [-0.2, 0) is 0 Å². The predicted molar refractivity (Wildman–Crippen MR) is 91.8 cm³/mol. The molecule has 1 aromatic carbocycles. The number of hydrogen-bond donors (Lipinski definition) is 0. The van der Waals surface area contributed by atoms with E-state index in [0.717, 1.165) is 29.1 Å². The van der Waals surface area contributed by atoms with E-state index in [9.17, 15) is 4.79 Å². The molecule has 3 rings (SSSR count). The first-order valence-corrected chi connectivity index (χ1v) is 8.90. The minimum Gasteiger partial charge on any atom is -0.307 e. The average Bonchev–Trinajstić information content (AvgIpc) is 2.69. The molecule has 1 atom stereocenters. The van der Waals surface area contributed by atoms with Gasteiger partial charge in [-0.15, -0.1) is 23.1 Å². The molecule has 4 heteroatoms. The number of fused-ring (bicyclic) bond motifs is 1. The summed E-state index contributed by atoms with van der Waals surface area (Å²) in [5.41, 5.74) is 1.91. The fourth-order valence-electron chi connectivity index (χ4n) is 2.69. The SMILES string of the molecule is Cc1cc(C(=O)N2CCC(C)Sc3ccccc32)c(C)s1. The summed E-state index contributed by atoms with van der Waals surface area (Å²) in [6, 6.07) is 10.3. The molecule has 1 aliphatic rings. The first kappa shape index (κ1) is 14.7. The summed E-state index contributed by atoms with van der Waals surface area (Å²) in [6.07, 6.45) is 1.02. The lowest BCUT2D eigenvalue weighted by molar-refractivity contribution is 0.0986. The molecule has 0 radical (unpaired) electrons. The molecule has 110 valence electrons. The van der Waals surface area contributed by atoms with Gasteiger partial charge in [-0.3, -0.25) is 4.79 Å². The van der Waals surface area contributed by atoms with Gasteiger partial charge in [0.05, 0.1) is 11.3 Å². The van der Waals surface area contributed by atoms with E-state index in [1.807, 2.05) is 41.8 Å². The summed E-state index contributed by atoms with van der Waals surface area (Å²) in [5, 5.41) is 0.536. The predicted octanol–water partition coefficient (Wildman–Crippen LogP) is 4.90. The molecule has 2 nitrogen and oxygen atoms in total. The molecule has 0 bridgehead atoms. The first-order chi connectivity index (χ1) is 10.1. The third-order valence-electron chi connectivity index (χ3n) is 3.76. The second kappa shape index (κ2) is 5.85. The van der Waals surface area contributed by atoms with Crippen molar-refractivity contribution >= 4 is 34.7 Å². The number of amides is 1. The normalized spacial score (nSPS) is 18.2. The third kappa shape index (κ3) is 2.87. The minimum absolute atomic E-state index is 0.138. The van der Waals surface area contributed by atoms with Gasteiger partial charge in [0.15, 0.2) is 0 Å². The molecule has 1 unspecified atom stereocenters. The fraction of sp³-hybridized carbons (Fsp3) is 0.353. The summed E-state index contributed by atoms with van der Waals surface area (Å²) in [7, 11) is 0. The van der Waals surface area contributed by atoms with Gasteiger partial charge < -0.3 is 4.90 Å². The van der Waals surface area contributed by atoms with Gasteiger partial charge >= 0.3 is 0 Å². The monoisotopic (exact) mass is 317 g/mol. The van der Waals surface area contributed by atoms with Gasteiger partial charge in [-0.05, 0) is 38.5 Å². The zero-order chi connectivity index (χ0) is 15.0. The number of para-hydroxylation sites is 1. The number of carbonyl (C=O) groups is 1. The van der Waals surface area contributed by atoms with Crippen molar-refractivity contribution in [1.82, 2.24) is 0 Å². The highest BCUT2D eigenvalue weighted by atomic mass is 32.2. The number of thiophene rings is 1. The van der Waals surface area contributed by atoms with Crippen LogP contribution in [-0.4, -0.2) is 17.7 Å². The highest BCUT2D eigenvalue weighted by molar-refractivity contribution is 8.00. The average molecular weight is 317 g/mol. The number of rotatable bonds is 1. The molecular formula is C17H19NOS2. The molecule has 0 aliphatic carbocycles. The van der Waals surface area contributed by atoms with Gasteiger partial charge in [-0.1, -0.05) is 19.1 Å². The lowest BCUT2D eigenvalue weighted by Gasteiger charge is -2.22. The second-order valence-electron chi connectivity index (χ2n) is 5.47. The van der Waals surface area contributed by atoms with Gasteiger partial charge in [0, 0.05) is 26.4 Å². The fourth-order valence-corrected chi connectivity index (χ4v) is 4.72. The molecule has 0 N–H and O–H groups in total. The molecule has 1 amide bonds. The Bertz CT molecular complexity index is 677. The quantitative estimate of drug-likeness (QED) is 0.746. The lowest BCUT2D eigenvalue weighted by atomic mass is 10.1. The highest BCUT2D eigenvalue weighted by Gasteiger charge is 2.26. The molecule has 2 aromatic rings. The molecule has 2 heterocycles. The maximum absolute atomic E-state index is 13.0. The maximum atomic E-state index is 13.0. The zero-order valence-electron chi connectivity index (χ0n) is 12.6. The zero-order valence-corrected chi connectivity index (χ0v) is 14.2. The molecule has 1 aliphatic heterocycles. The number of anilines is 1. The van der Waals surface area contributed by atoms with Crippen molar-refractivity contribution in [2.24, 2.45) is 0 Å². The molecule has 0 spiro atoms. The van der Waals surface area contributed by atoms with Crippen LogP contribution in [0.15, 0.2) is 35.2 Å². The topological polar surface area (TPSA) is 20.3 Å². The highest BCUT2D eigenvalue weighted by Crippen LogP contribution is 2.38. The van der Waals surface area contributed by atoms with Crippen molar-refractivity contribution < 1.29 is 4.79 Å². The van der Waals surface area contributed by atoms with Crippen molar-refractivity contribution in [2.45, 2.75) is 37.3 Å². The smallest absolute Gasteiger partial charge is 0.259 e. The first-order valence-electron chi connectivity index (χ1n) is 7.21. The Morgan fingerprint density at radius 1 is 1.29 bits per heavy atom. The van der Waals surface area contributed by atoms with E-state index in [-0.39, 0.29) is 5.91 Å². The molecule has 0 saturated carbocycles. The van der Waals surface area contributed by atoms with Gasteiger partial charge in [0.2, 0.25) is 0 Å². The van der Waals surface area contributed by atoms with Gasteiger partial charge in [-0.2, -0.15) is 0 Å². The van der Waals surface area contributed by atoms with Crippen molar-refractivity contribution in [3.05, 3.63) is 45.6 Å². The van der Waals surface area contributed by atoms with Crippen LogP contribution in [0.1, 0.15) is 33.5 Å². The molecule has 1 aromatic heterocycles. The van der Waals surface area contributed by atoms with Crippen LogP contribution in [0, 0.1) is 13.8 Å². The number of aryl methyl sites for hydroxylation is 2. The Hall–Kier alpha value is -1.26. The maximum Gasteiger partial charge on any atom is 0.259 e. The van der Waals surface area contributed by atoms with Crippen molar-refractivity contribution in [3.8, 4) is 0 Å². The number of carbonyl (C=O) groups excluding carboxylic acids is 1. The molecule has 21 heavy (non-hydrogen) atoms. The summed E-state index contributed by atoms with van der Waals surface area (Å²) in [5.74, 6) is 0.138. The summed E-state index contributed by atoms with van der Waals surface area (Å²) in [6.45, 7) is 7.11. The van der Waals surface area contributed by atoms with E-state index in [1.54, 1.807) is 11.3 Å². The van der Waals surface area contributed by atoms with E-state index in [4.69, 9.17) is 0 Å². The van der Waals surface area contributed by atoms with E-state index < -0.39 is 0 Å². The Morgan fingerprint density at radius 2 is 2.05 bits per heavy atom.